The maximum absolute atomic E-state index is 12.9. The monoisotopic (exact) mass is 418 g/mol. The van der Waals surface area contributed by atoms with Crippen LogP contribution in [0, 0.1) is 6.92 Å². The van der Waals surface area contributed by atoms with Gasteiger partial charge in [-0.1, -0.05) is 42.0 Å². The molecule has 31 heavy (non-hydrogen) atoms. The predicted octanol–water partition coefficient (Wildman–Crippen LogP) is 4.41. The number of fused-ring (bicyclic) bond motifs is 1. The van der Waals surface area contributed by atoms with Gasteiger partial charge in [-0.25, -0.2) is 9.48 Å². The minimum Gasteiger partial charge on any atom is -0.489 e. The van der Waals surface area contributed by atoms with Crippen LogP contribution < -0.4 is 10.1 Å². The van der Waals surface area contributed by atoms with Gasteiger partial charge in [0.05, 0.1) is 11.7 Å². The summed E-state index contributed by atoms with van der Waals surface area (Å²) < 4.78 is 13.1. The van der Waals surface area contributed by atoms with Gasteiger partial charge in [0, 0.05) is 5.70 Å². The van der Waals surface area contributed by atoms with Crippen LogP contribution in [0.4, 0.5) is 5.95 Å². The minimum absolute atomic E-state index is 0.219. The Morgan fingerprint density at radius 1 is 1.10 bits per heavy atom. The number of hydrogen-bond acceptors (Lipinski definition) is 6. The second-order valence-corrected chi connectivity index (χ2v) is 7.89. The van der Waals surface area contributed by atoms with Gasteiger partial charge in [0.25, 0.3) is 0 Å². The Morgan fingerprint density at radius 2 is 1.81 bits per heavy atom. The molecule has 1 N–H and O–H groups in total. The number of anilines is 1. The lowest BCUT2D eigenvalue weighted by Crippen LogP contribution is -2.30. The zero-order valence-electron chi connectivity index (χ0n) is 18.1. The van der Waals surface area contributed by atoms with Gasteiger partial charge in [-0.05, 0) is 51.0 Å². The highest BCUT2D eigenvalue weighted by atomic mass is 16.5. The average molecular weight is 418 g/mol. The maximum atomic E-state index is 12.9. The van der Waals surface area contributed by atoms with Gasteiger partial charge in [-0.2, -0.15) is 10.1 Å². The molecule has 0 saturated heterocycles. The van der Waals surface area contributed by atoms with Crippen LogP contribution in [0.25, 0.3) is 0 Å². The summed E-state index contributed by atoms with van der Waals surface area (Å²) in [7, 11) is 0. The number of rotatable bonds is 6. The molecule has 2 aromatic carbocycles. The molecule has 0 spiro atoms. The molecule has 0 fully saturated rings. The number of benzene rings is 2. The number of aryl methyl sites for hydroxylation is 1. The molecule has 0 amide bonds. The topological polar surface area (TPSA) is 78.3 Å². The summed E-state index contributed by atoms with van der Waals surface area (Å²) in [6.45, 7) is 8.07. The van der Waals surface area contributed by atoms with Gasteiger partial charge in [-0.15, -0.1) is 0 Å². The van der Waals surface area contributed by atoms with Crippen molar-refractivity contribution in [2.75, 3.05) is 5.32 Å². The first-order valence-electron chi connectivity index (χ1n) is 10.3. The highest BCUT2D eigenvalue weighted by Gasteiger charge is 2.34. The second kappa shape index (κ2) is 8.63. The van der Waals surface area contributed by atoms with Crippen molar-refractivity contribution in [3.8, 4) is 5.75 Å². The lowest BCUT2D eigenvalue weighted by Gasteiger charge is -2.28. The largest absolute Gasteiger partial charge is 0.489 e. The van der Waals surface area contributed by atoms with E-state index in [9.17, 15) is 4.79 Å². The van der Waals surface area contributed by atoms with Crippen LogP contribution in [0.3, 0.4) is 0 Å². The Morgan fingerprint density at radius 3 is 2.48 bits per heavy atom. The molecule has 0 aliphatic carbocycles. The van der Waals surface area contributed by atoms with E-state index in [1.807, 2.05) is 45.0 Å². The van der Waals surface area contributed by atoms with Gasteiger partial charge in [0.1, 0.15) is 24.7 Å². The van der Waals surface area contributed by atoms with Crippen LogP contribution in [0.1, 0.15) is 43.5 Å². The summed E-state index contributed by atoms with van der Waals surface area (Å²) in [6.07, 6.45) is 1.25. The number of esters is 1. The zero-order chi connectivity index (χ0) is 22.0. The summed E-state index contributed by atoms with van der Waals surface area (Å²) in [4.78, 5) is 17.1. The third kappa shape index (κ3) is 4.45. The number of nitrogens with zero attached hydrogens (tertiary/aromatic N) is 3. The number of ether oxygens (including phenoxy) is 2. The SMILES string of the molecule is CC1=C(C(=O)OC(C)C)C(c2ccc(OCc3ccc(C)cc3)cc2)n2ncnc2N1. The fourth-order valence-electron chi connectivity index (χ4n) is 3.54. The van der Waals surface area contributed by atoms with Crippen molar-refractivity contribution in [3.05, 3.63) is 82.8 Å². The van der Waals surface area contributed by atoms with Crippen molar-refractivity contribution in [3.63, 3.8) is 0 Å². The van der Waals surface area contributed by atoms with E-state index >= 15 is 0 Å². The van der Waals surface area contributed by atoms with Crippen LogP contribution in [-0.4, -0.2) is 26.8 Å². The number of carbonyl (C=O) groups excluding carboxylic acids is 1. The molecule has 1 atom stereocenters. The maximum Gasteiger partial charge on any atom is 0.338 e. The number of aromatic nitrogens is 3. The second-order valence-electron chi connectivity index (χ2n) is 7.89. The number of carbonyl (C=O) groups is 1. The summed E-state index contributed by atoms with van der Waals surface area (Å²) in [5.41, 5.74) is 4.44. The highest BCUT2D eigenvalue weighted by Crippen LogP contribution is 2.36. The van der Waals surface area contributed by atoms with E-state index in [2.05, 4.69) is 46.6 Å². The predicted molar refractivity (Wildman–Crippen MR) is 118 cm³/mol. The quantitative estimate of drug-likeness (QED) is 0.598. The number of nitrogens with one attached hydrogen (secondary N) is 1. The fraction of sp³-hybridized carbons (Fsp3) is 0.292. The van der Waals surface area contributed by atoms with E-state index in [1.54, 1.807) is 4.68 Å². The van der Waals surface area contributed by atoms with Crippen molar-refractivity contribution in [2.24, 2.45) is 0 Å². The zero-order valence-corrected chi connectivity index (χ0v) is 18.1. The fourth-order valence-corrected chi connectivity index (χ4v) is 3.54. The molecule has 1 aliphatic heterocycles. The van der Waals surface area contributed by atoms with Crippen LogP contribution in [0.15, 0.2) is 66.1 Å². The molecule has 4 rings (SSSR count). The van der Waals surface area contributed by atoms with Gasteiger partial charge < -0.3 is 14.8 Å². The molecule has 2 heterocycles. The van der Waals surface area contributed by atoms with Crippen molar-refractivity contribution < 1.29 is 14.3 Å². The molecule has 7 nitrogen and oxygen atoms in total. The molecule has 0 bridgehead atoms. The first-order chi connectivity index (χ1) is 14.9. The molecule has 1 aromatic heterocycles. The molecule has 160 valence electrons. The van der Waals surface area contributed by atoms with Crippen LogP contribution in [0.5, 0.6) is 5.75 Å². The number of allylic oxidation sites excluding steroid dienone is 1. The van der Waals surface area contributed by atoms with Crippen LogP contribution in [-0.2, 0) is 16.1 Å². The van der Waals surface area contributed by atoms with Gasteiger partial charge in [-0.3, -0.25) is 0 Å². The Kier molecular flexibility index (Phi) is 5.75. The highest BCUT2D eigenvalue weighted by molar-refractivity contribution is 5.92. The Labute approximate surface area is 181 Å². The molecular formula is C24H26N4O3. The molecule has 7 heteroatoms. The summed E-state index contributed by atoms with van der Waals surface area (Å²) in [5, 5.41) is 7.48. The van der Waals surface area contributed by atoms with Gasteiger partial charge in [0.15, 0.2) is 0 Å². The molecule has 0 saturated carbocycles. The summed E-state index contributed by atoms with van der Waals surface area (Å²) in [5.74, 6) is 0.971. The van der Waals surface area contributed by atoms with Crippen molar-refractivity contribution >= 4 is 11.9 Å². The normalized spacial score (nSPS) is 15.5. The van der Waals surface area contributed by atoms with E-state index in [0.29, 0.717) is 23.8 Å². The molecular weight excluding hydrogens is 392 g/mol. The Bertz CT molecular complexity index is 1100. The summed E-state index contributed by atoms with van der Waals surface area (Å²) in [6, 6.07) is 15.5. The molecule has 3 aromatic rings. The smallest absolute Gasteiger partial charge is 0.338 e. The van der Waals surface area contributed by atoms with E-state index < -0.39 is 6.04 Å². The van der Waals surface area contributed by atoms with Crippen molar-refractivity contribution in [1.29, 1.82) is 0 Å². The standard InChI is InChI=1S/C24H26N4O3/c1-15(2)31-23(29)21-17(4)27-24-25-14-26-28(24)22(21)19-9-11-20(12-10-19)30-13-18-7-5-16(3)6-8-18/h5-12,14-15,22H,13H2,1-4H3,(H,25,26,27). The van der Waals surface area contributed by atoms with E-state index in [4.69, 9.17) is 9.47 Å². The van der Waals surface area contributed by atoms with Gasteiger partial charge in [0.2, 0.25) is 5.95 Å². The number of hydrogen-bond donors (Lipinski definition) is 1. The van der Waals surface area contributed by atoms with Crippen molar-refractivity contribution in [2.45, 2.75) is 46.4 Å². The van der Waals surface area contributed by atoms with Gasteiger partial charge >= 0.3 is 5.97 Å². The first-order valence-corrected chi connectivity index (χ1v) is 10.3. The first kappa shape index (κ1) is 20.7. The van der Waals surface area contributed by atoms with E-state index in [0.717, 1.165) is 16.9 Å². The lowest BCUT2D eigenvalue weighted by atomic mass is 9.95. The van der Waals surface area contributed by atoms with E-state index in [-0.39, 0.29) is 12.1 Å². The van der Waals surface area contributed by atoms with E-state index in [1.165, 1.54) is 11.9 Å². The molecule has 1 aliphatic rings. The average Bonchev–Trinajstić information content (AvgIpc) is 3.20. The van der Waals surface area contributed by atoms with Crippen molar-refractivity contribution in [1.82, 2.24) is 14.8 Å². The minimum atomic E-state index is -0.434. The van der Waals surface area contributed by atoms with Crippen LogP contribution in [0.2, 0.25) is 0 Å². The lowest BCUT2D eigenvalue weighted by molar-refractivity contribution is -0.143. The third-order valence-corrected chi connectivity index (χ3v) is 5.08. The Hall–Kier alpha value is -3.61. The third-order valence-electron chi connectivity index (χ3n) is 5.08. The summed E-state index contributed by atoms with van der Waals surface area (Å²) >= 11 is 0. The Balaban J connectivity index is 1.58. The van der Waals surface area contributed by atoms with Crippen LogP contribution >= 0.6 is 0 Å². The molecule has 1 unspecified atom stereocenters. The molecule has 0 radical (unpaired) electrons.